The first kappa shape index (κ1) is 21.8. The van der Waals surface area contributed by atoms with Gasteiger partial charge in [0.15, 0.2) is 0 Å². The molecular formula is C16H29N5O5. The van der Waals surface area contributed by atoms with Gasteiger partial charge in [-0.1, -0.05) is 0 Å². The predicted octanol–water partition coefficient (Wildman–Crippen LogP) is -1.86. The number of unbranched alkanes of at least 4 members (excludes halogenated alkanes) is 1. The highest BCUT2D eigenvalue weighted by Gasteiger charge is 2.35. The van der Waals surface area contributed by atoms with Crippen LogP contribution in [0.3, 0.4) is 0 Å². The lowest BCUT2D eigenvalue weighted by atomic mass is 10.1. The number of carbonyl (C=O) groups excluding carboxylic acids is 3. The van der Waals surface area contributed by atoms with Crippen LogP contribution in [0.4, 0.5) is 0 Å². The molecule has 1 aliphatic rings. The second-order valence-corrected chi connectivity index (χ2v) is 6.44. The molecule has 26 heavy (non-hydrogen) atoms. The van der Waals surface area contributed by atoms with Gasteiger partial charge in [-0.2, -0.15) is 0 Å². The van der Waals surface area contributed by atoms with E-state index in [9.17, 15) is 24.3 Å². The second kappa shape index (κ2) is 10.7. The minimum atomic E-state index is -1.12. The van der Waals surface area contributed by atoms with E-state index in [2.05, 4.69) is 10.6 Å². The summed E-state index contributed by atoms with van der Waals surface area (Å²) in [5.41, 5.74) is 10.8. The molecule has 0 aromatic heterocycles. The van der Waals surface area contributed by atoms with Crippen LogP contribution in [0.2, 0.25) is 0 Å². The number of rotatable bonds is 10. The van der Waals surface area contributed by atoms with Gasteiger partial charge in [0.25, 0.3) is 0 Å². The summed E-state index contributed by atoms with van der Waals surface area (Å²) in [6, 6.07) is -2.47. The van der Waals surface area contributed by atoms with Crippen LogP contribution in [0.25, 0.3) is 0 Å². The predicted molar refractivity (Wildman–Crippen MR) is 93.9 cm³/mol. The fourth-order valence-electron chi connectivity index (χ4n) is 2.78. The smallest absolute Gasteiger partial charge is 0.326 e. The van der Waals surface area contributed by atoms with Gasteiger partial charge in [-0.05, 0) is 45.6 Å². The van der Waals surface area contributed by atoms with E-state index in [0.29, 0.717) is 38.8 Å². The number of nitrogens with two attached hydrogens (primary N) is 2. The zero-order valence-corrected chi connectivity index (χ0v) is 15.1. The lowest BCUT2D eigenvalue weighted by Crippen LogP contribution is -2.53. The van der Waals surface area contributed by atoms with Gasteiger partial charge >= 0.3 is 5.97 Å². The molecule has 0 radical (unpaired) electrons. The topological polar surface area (TPSA) is 168 Å². The largest absolute Gasteiger partial charge is 0.480 e. The molecule has 0 spiro atoms. The third-order valence-electron chi connectivity index (χ3n) is 4.26. The minimum absolute atomic E-state index is 0.247. The average molecular weight is 371 g/mol. The van der Waals surface area contributed by atoms with Gasteiger partial charge in [0.2, 0.25) is 17.7 Å². The van der Waals surface area contributed by atoms with Crippen LogP contribution >= 0.6 is 0 Å². The van der Waals surface area contributed by atoms with Crippen LogP contribution in [-0.2, 0) is 19.2 Å². The van der Waals surface area contributed by atoms with Crippen molar-refractivity contribution in [2.45, 2.75) is 57.2 Å². The van der Waals surface area contributed by atoms with Crippen molar-refractivity contribution in [1.29, 1.82) is 0 Å². The summed E-state index contributed by atoms with van der Waals surface area (Å²) in [6.07, 6.45) is 2.63. The number of carboxylic acids is 1. The third-order valence-corrected chi connectivity index (χ3v) is 4.26. The van der Waals surface area contributed by atoms with E-state index >= 15 is 0 Å². The molecule has 3 amide bonds. The van der Waals surface area contributed by atoms with Crippen LogP contribution in [0.1, 0.15) is 39.0 Å². The molecule has 3 atom stereocenters. The molecule has 1 aliphatic heterocycles. The highest BCUT2D eigenvalue weighted by molar-refractivity contribution is 5.92. The molecule has 1 rings (SSSR count). The molecule has 0 aromatic rings. The van der Waals surface area contributed by atoms with E-state index < -0.39 is 41.8 Å². The van der Waals surface area contributed by atoms with Crippen molar-refractivity contribution < 1.29 is 24.3 Å². The number of hydrogen-bond donors (Lipinski definition) is 5. The number of carbonyl (C=O) groups is 4. The summed E-state index contributed by atoms with van der Waals surface area (Å²) < 4.78 is 0. The maximum absolute atomic E-state index is 12.5. The molecule has 0 aromatic carbocycles. The van der Waals surface area contributed by atoms with Gasteiger partial charge in [0.05, 0.1) is 12.6 Å². The first-order valence-electron chi connectivity index (χ1n) is 8.84. The molecular weight excluding hydrogens is 342 g/mol. The van der Waals surface area contributed by atoms with Crippen LogP contribution in [0, 0.1) is 0 Å². The summed E-state index contributed by atoms with van der Waals surface area (Å²) in [4.78, 5) is 48.9. The van der Waals surface area contributed by atoms with E-state index in [4.69, 9.17) is 11.5 Å². The van der Waals surface area contributed by atoms with Crippen LogP contribution in [0.5, 0.6) is 0 Å². The monoisotopic (exact) mass is 371 g/mol. The van der Waals surface area contributed by atoms with Crippen LogP contribution in [0.15, 0.2) is 0 Å². The molecule has 0 saturated carbocycles. The van der Waals surface area contributed by atoms with Gasteiger partial charge in [-0.25, -0.2) is 4.79 Å². The number of amides is 3. The Morgan fingerprint density at radius 1 is 1.27 bits per heavy atom. The lowest BCUT2D eigenvalue weighted by molar-refractivity contribution is -0.144. The Bertz CT molecular complexity index is 525. The van der Waals surface area contributed by atoms with Crippen molar-refractivity contribution in [2.24, 2.45) is 11.5 Å². The van der Waals surface area contributed by atoms with Gasteiger partial charge in [-0.15, -0.1) is 0 Å². The molecule has 10 nitrogen and oxygen atoms in total. The summed E-state index contributed by atoms with van der Waals surface area (Å²) in [5.74, 6) is -2.46. The van der Waals surface area contributed by atoms with Gasteiger partial charge in [0, 0.05) is 6.54 Å². The molecule has 1 fully saturated rings. The molecule has 1 heterocycles. The van der Waals surface area contributed by atoms with Gasteiger partial charge in [-0.3, -0.25) is 14.4 Å². The molecule has 0 aliphatic carbocycles. The fraction of sp³-hybridized carbons (Fsp3) is 0.750. The van der Waals surface area contributed by atoms with Crippen LogP contribution < -0.4 is 22.1 Å². The van der Waals surface area contributed by atoms with Crippen molar-refractivity contribution >= 4 is 23.7 Å². The Balaban J connectivity index is 2.61. The number of hydrogen-bond acceptors (Lipinski definition) is 6. The molecule has 0 bridgehead atoms. The van der Waals surface area contributed by atoms with Crippen molar-refractivity contribution in [3.63, 3.8) is 0 Å². The molecule has 1 saturated heterocycles. The Hall–Kier alpha value is -2.20. The SMILES string of the molecule is C[C@H](N)C(=O)NCC(=O)N1CCC[C@H]1C(=O)N[C@@H](CCCCN)C(=O)O. The lowest BCUT2D eigenvalue weighted by Gasteiger charge is -2.25. The van der Waals surface area contributed by atoms with E-state index in [1.807, 2.05) is 0 Å². The summed E-state index contributed by atoms with van der Waals surface area (Å²) in [6.45, 7) is 2.10. The Morgan fingerprint density at radius 2 is 1.96 bits per heavy atom. The van der Waals surface area contributed by atoms with Crippen LogP contribution in [-0.4, -0.2) is 71.5 Å². The zero-order chi connectivity index (χ0) is 19.7. The van der Waals surface area contributed by atoms with Gasteiger partial charge in [0.1, 0.15) is 12.1 Å². The van der Waals surface area contributed by atoms with E-state index in [0.717, 1.165) is 0 Å². The first-order valence-corrected chi connectivity index (χ1v) is 8.84. The maximum Gasteiger partial charge on any atom is 0.326 e. The zero-order valence-electron chi connectivity index (χ0n) is 15.1. The molecule has 10 heteroatoms. The Labute approximate surface area is 152 Å². The Kier molecular flexibility index (Phi) is 9.00. The number of carboxylic acid groups (broad SMARTS) is 1. The molecule has 148 valence electrons. The summed E-state index contributed by atoms with van der Waals surface area (Å²) >= 11 is 0. The second-order valence-electron chi connectivity index (χ2n) is 6.44. The van der Waals surface area contributed by atoms with Gasteiger partial charge < -0.3 is 32.1 Å². The van der Waals surface area contributed by atoms with Crippen molar-refractivity contribution in [3.8, 4) is 0 Å². The first-order chi connectivity index (χ1) is 12.3. The van der Waals surface area contributed by atoms with Crippen molar-refractivity contribution in [3.05, 3.63) is 0 Å². The summed E-state index contributed by atoms with van der Waals surface area (Å²) in [5, 5.41) is 14.2. The fourth-order valence-corrected chi connectivity index (χ4v) is 2.78. The third kappa shape index (κ3) is 6.60. The maximum atomic E-state index is 12.5. The quantitative estimate of drug-likeness (QED) is 0.280. The minimum Gasteiger partial charge on any atom is -0.480 e. The normalized spacial score (nSPS) is 18.9. The molecule has 7 N–H and O–H groups in total. The highest BCUT2D eigenvalue weighted by atomic mass is 16.4. The molecule has 0 unspecified atom stereocenters. The number of likely N-dealkylation sites (tertiary alicyclic amines) is 1. The number of aliphatic carboxylic acids is 1. The van der Waals surface area contributed by atoms with E-state index in [-0.39, 0.29) is 13.0 Å². The number of nitrogens with one attached hydrogen (secondary N) is 2. The van der Waals surface area contributed by atoms with E-state index in [1.54, 1.807) is 0 Å². The highest BCUT2D eigenvalue weighted by Crippen LogP contribution is 2.18. The average Bonchev–Trinajstić information content (AvgIpc) is 3.08. The van der Waals surface area contributed by atoms with E-state index in [1.165, 1.54) is 11.8 Å². The Morgan fingerprint density at radius 3 is 2.54 bits per heavy atom. The van der Waals surface area contributed by atoms with Crippen molar-refractivity contribution in [2.75, 3.05) is 19.6 Å². The number of nitrogens with zero attached hydrogens (tertiary/aromatic N) is 1. The van der Waals surface area contributed by atoms with Crippen molar-refractivity contribution in [1.82, 2.24) is 15.5 Å². The summed E-state index contributed by atoms with van der Waals surface area (Å²) in [7, 11) is 0. The standard InChI is InChI=1S/C16H29N5O5/c1-10(18)14(23)19-9-13(22)21-8-4-6-12(21)15(24)20-11(16(25)26)5-2-3-7-17/h10-12H,2-9,17-18H2,1H3,(H,19,23)(H,20,24)(H,25,26)/t10-,11-,12-/m0/s1.